The van der Waals surface area contributed by atoms with E-state index in [0.717, 1.165) is 12.8 Å². The molecule has 3 aromatic rings. The van der Waals surface area contributed by atoms with Gasteiger partial charge in [-0.3, -0.25) is 10.1 Å². The van der Waals surface area contributed by atoms with E-state index in [2.05, 4.69) is 25.8 Å². The van der Waals surface area contributed by atoms with Crippen LogP contribution >= 0.6 is 11.3 Å². The van der Waals surface area contributed by atoms with Crippen LogP contribution < -0.4 is 15.4 Å². The highest BCUT2D eigenvalue weighted by Crippen LogP contribution is 2.33. The molecule has 0 saturated heterocycles. The van der Waals surface area contributed by atoms with E-state index in [9.17, 15) is 13.2 Å². The summed E-state index contributed by atoms with van der Waals surface area (Å²) in [4.78, 5) is 29.1. The van der Waals surface area contributed by atoms with Gasteiger partial charge in [0.1, 0.15) is 23.1 Å². The number of amides is 1. The number of sulfone groups is 1. The van der Waals surface area contributed by atoms with Crippen LogP contribution in [0.25, 0.3) is 10.3 Å². The Kier molecular flexibility index (Phi) is 8.94. The first-order valence-corrected chi connectivity index (χ1v) is 15.8. The second-order valence-electron chi connectivity index (χ2n) is 9.73. The van der Waals surface area contributed by atoms with Crippen molar-refractivity contribution in [1.82, 2.24) is 15.3 Å². The minimum Gasteiger partial charge on any atom is -0.476 e. The van der Waals surface area contributed by atoms with Crippen LogP contribution in [0.15, 0.2) is 46.4 Å². The van der Waals surface area contributed by atoms with Crippen LogP contribution in [0.4, 0.5) is 5.13 Å². The van der Waals surface area contributed by atoms with Crippen LogP contribution in [0.2, 0.25) is 0 Å². The van der Waals surface area contributed by atoms with Gasteiger partial charge in [-0.15, -0.1) is 0 Å². The van der Waals surface area contributed by atoms with Crippen LogP contribution in [-0.4, -0.2) is 74.3 Å². The molecular weight excluding hydrogens is 554 g/mol. The summed E-state index contributed by atoms with van der Waals surface area (Å²) >= 11 is 1.22. The minimum atomic E-state index is -3.35. The third-order valence-electron chi connectivity index (χ3n) is 6.72. The van der Waals surface area contributed by atoms with E-state index in [1.807, 2.05) is 14.0 Å². The lowest BCUT2D eigenvalue weighted by molar-refractivity contribution is -0.110. The van der Waals surface area contributed by atoms with Crippen molar-refractivity contribution in [3.8, 4) is 5.88 Å². The average molecular weight is 588 g/mol. The molecule has 1 aromatic carbocycles. The second kappa shape index (κ2) is 12.6. The number of thiazole rings is 1. The number of carbonyl (C=O) groups is 1. The van der Waals surface area contributed by atoms with Crippen LogP contribution in [0.3, 0.4) is 0 Å². The monoisotopic (exact) mass is 587 g/mol. The van der Waals surface area contributed by atoms with Crippen LogP contribution in [-0.2, 0) is 24.2 Å². The summed E-state index contributed by atoms with van der Waals surface area (Å²) in [6.45, 7) is 3.75. The largest absolute Gasteiger partial charge is 0.476 e. The Bertz CT molecular complexity index is 1470. The molecule has 2 atom stereocenters. The SMILES string of the molecule is CCO[C@@H]1CC[C@@H](ON=C(C(=O)Nc2nc3ccc(OCCNC)nc3s2)c2ccc(S(=O)(=O)C3CC3)cc2)C1. The number of fused-ring (bicyclic) bond motifs is 1. The number of hydrogen-bond donors (Lipinski definition) is 2. The predicted octanol–water partition coefficient (Wildman–Crippen LogP) is 3.54. The van der Waals surface area contributed by atoms with Gasteiger partial charge in [0, 0.05) is 31.2 Å². The Morgan fingerprint density at radius 3 is 2.58 bits per heavy atom. The zero-order chi connectivity index (χ0) is 28.1. The molecule has 2 fully saturated rings. The van der Waals surface area contributed by atoms with Gasteiger partial charge in [0.15, 0.2) is 20.7 Å². The van der Waals surface area contributed by atoms with Crippen molar-refractivity contribution in [1.29, 1.82) is 0 Å². The molecule has 2 aromatic heterocycles. The van der Waals surface area contributed by atoms with Crippen LogP contribution in [0.1, 0.15) is 44.6 Å². The Labute approximate surface area is 237 Å². The zero-order valence-electron chi connectivity index (χ0n) is 22.5. The number of rotatable bonds is 13. The van der Waals surface area contributed by atoms with Crippen LogP contribution in [0.5, 0.6) is 5.88 Å². The molecule has 2 aliphatic rings. The predicted molar refractivity (Wildman–Crippen MR) is 153 cm³/mol. The second-order valence-corrected chi connectivity index (χ2v) is 12.9. The van der Waals surface area contributed by atoms with Crippen molar-refractivity contribution in [2.24, 2.45) is 5.16 Å². The maximum absolute atomic E-state index is 13.5. The number of likely N-dealkylation sites (N-methyl/N-ethyl adjacent to an activating group) is 1. The van der Waals surface area contributed by atoms with Gasteiger partial charge in [-0.25, -0.2) is 18.4 Å². The van der Waals surface area contributed by atoms with E-state index in [4.69, 9.17) is 14.3 Å². The van der Waals surface area contributed by atoms with Crippen LogP contribution in [0, 0.1) is 0 Å². The molecule has 0 bridgehead atoms. The number of benzene rings is 1. The Morgan fingerprint density at radius 2 is 1.85 bits per heavy atom. The number of carbonyl (C=O) groups excluding carboxylic acids is 1. The number of nitrogens with one attached hydrogen (secondary N) is 2. The maximum atomic E-state index is 13.5. The van der Waals surface area contributed by atoms with Gasteiger partial charge in [0.2, 0.25) is 5.88 Å². The highest BCUT2D eigenvalue weighted by molar-refractivity contribution is 7.92. The van der Waals surface area contributed by atoms with Crippen molar-refractivity contribution in [2.45, 2.75) is 61.4 Å². The van der Waals surface area contributed by atoms with E-state index < -0.39 is 15.7 Å². The van der Waals surface area contributed by atoms with E-state index in [1.54, 1.807) is 24.3 Å². The summed E-state index contributed by atoms with van der Waals surface area (Å²) in [5.41, 5.74) is 1.09. The first-order valence-electron chi connectivity index (χ1n) is 13.4. The lowest BCUT2D eigenvalue weighted by atomic mass is 10.1. The Balaban J connectivity index is 1.35. The molecule has 40 heavy (non-hydrogen) atoms. The fraction of sp³-hybridized carbons (Fsp3) is 0.481. The molecule has 0 radical (unpaired) electrons. The number of nitrogens with zero attached hydrogens (tertiary/aromatic N) is 3. The highest BCUT2D eigenvalue weighted by Gasteiger charge is 2.37. The van der Waals surface area contributed by atoms with E-state index >= 15 is 0 Å². The minimum absolute atomic E-state index is 0.0264. The summed E-state index contributed by atoms with van der Waals surface area (Å²) in [5.74, 6) is -0.0511. The van der Waals surface area contributed by atoms with Crippen molar-refractivity contribution < 1.29 is 27.5 Å². The summed E-state index contributed by atoms with van der Waals surface area (Å²) in [6.07, 6.45) is 3.60. The lowest BCUT2D eigenvalue weighted by Gasteiger charge is -2.12. The molecule has 0 spiro atoms. The molecule has 1 amide bonds. The smallest absolute Gasteiger partial charge is 0.280 e. The molecule has 2 heterocycles. The van der Waals surface area contributed by atoms with Gasteiger partial charge in [-0.1, -0.05) is 28.6 Å². The highest BCUT2D eigenvalue weighted by atomic mass is 32.2. The molecular formula is C27H33N5O6S2. The normalized spacial score (nSPS) is 19.6. The number of aromatic nitrogens is 2. The summed E-state index contributed by atoms with van der Waals surface area (Å²) < 4.78 is 36.6. The van der Waals surface area contributed by atoms with Gasteiger partial charge >= 0.3 is 0 Å². The molecule has 214 valence electrons. The molecule has 2 N–H and O–H groups in total. The molecule has 5 rings (SSSR count). The molecule has 13 heteroatoms. The van der Waals surface area contributed by atoms with E-state index in [1.165, 1.54) is 23.5 Å². The van der Waals surface area contributed by atoms with Gasteiger partial charge < -0.3 is 19.6 Å². The topological polar surface area (TPSA) is 141 Å². The number of anilines is 1. The van der Waals surface area contributed by atoms with Gasteiger partial charge in [0.25, 0.3) is 5.91 Å². The van der Waals surface area contributed by atoms with Gasteiger partial charge in [-0.2, -0.15) is 0 Å². The standard InChI is InChI=1S/C27H33N5O6S2/c1-3-36-18-6-7-19(16-18)38-32-24(17-4-8-20(9-5-17)40(34,35)21-10-11-21)25(33)31-27-29-22-12-13-23(30-26(22)39-27)37-15-14-28-2/h4-5,8-9,12-13,18-19,21,28H,3,6-7,10-11,14-16H2,1-2H3,(H,29,31,33)/t18-,19-/m1/s1. The quantitative estimate of drug-likeness (QED) is 0.174. The lowest BCUT2D eigenvalue weighted by Crippen LogP contribution is -2.25. The number of ether oxygens (including phenoxy) is 2. The number of hydrogen-bond acceptors (Lipinski definition) is 11. The fourth-order valence-corrected chi connectivity index (χ4v) is 6.94. The third kappa shape index (κ3) is 6.77. The first-order chi connectivity index (χ1) is 19.4. The zero-order valence-corrected chi connectivity index (χ0v) is 24.1. The maximum Gasteiger partial charge on any atom is 0.280 e. The molecule has 11 nitrogen and oxygen atoms in total. The first kappa shape index (κ1) is 28.4. The Morgan fingerprint density at radius 1 is 1.07 bits per heavy atom. The molecule has 0 aliphatic heterocycles. The number of oxime groups is 1. The van der Waals surface area contributed by atoms with Crippen molar-refractivity contribution >= 4 is 48.3 Å². The molecule has 0 unspecified atom stereocenters. The van der Waals surface area contributed by atoms with Crippen molar-refractivity contribution in [3.63, 3.8) is 0 Å². The Hall–Kier alpha value is -3.13. The van der Waals surface area contributed by atoms with E-state index in [0.29, 0.717) is 65.9 Å². The summed E-state index contributed by atoms with van der Waals surface area (Å²) in [7, 11) is -1.51. The van der Waals surface area contributed by atoms with E-state index in [-0.39, 0.29) is 28.1 Å². The van der Waals surface area contributed by atoms with Gasteiger partial charge in [-0.05, 0) is 57.9 Å². The van der Waals surface area contributed by atoms with Crippen molar-refractivity contribution in [3.05, 3.63) is 42.0 Å². The molecule has 2 aliphatic carbocycles. The molecule has 2 saturated carbocycles. The third-order valence-corrected chi connectivity index (χ3v) is 9.88. The average Bonchev–Trinajstić information content (AvgIpc) is 3.60. The van der Waals surface area contributed by atoms with Gasteiger partial charge in [0.05, 0.1) is 16.2 Å². The fourth-order valence-electron chi connectivity index (χ4n) is 4.46. The summed E-state index contributed by atoms with van der Waals surface area (Å²) in [6, 6.07) is 9.73. The summed E-state index contributed by atoms with van der Waals surface area (Å²) in [5, 5.41) is 10.1. The number of pyridine rings is 1. The van der Waals surface area contributed by atoms with Crippen molar-refractivity contribution in [2.75, 3.05) is 32.1 Å².